The highest BCUT2D eigenvalue weighted by Crippen LogP contribution is 2.12. The van der Waals surface area contributed by atoms with E-state index in [1.54, 1.807) is 36.4 Å². The molecule has 24 heavy (non-hydrogen) atoms. The van der Waals surface area contributed by atoms with E-state index in [1.807, 2.05) is 0 Å². The van der Waals surface area contributed by atoms with Gasteiger partial charge in [0.1, 0.15) is 0 Å². The number of nitrogens with one attached hydrogen (secondary N) is 2. The molecule has 0 fully saturated rings. The molecule has 0 saturated heterocycles. The fourth-order valence-corrected chi connectivity index (χ4v) is 2.10. The first-order valence-electron chi connectivity index (χ1n) is 7.04. The minimum atomic E-state index is -0.647. The number of esters is 1. The van der Waals surface area contributed by atoms with Crippen LogP contribution in [0.5, 0.6) is 0 Å². The number of hydrogen-bond donors (Lipinski definition) is 2. The van der Waals surface area contributed by atoms with Gasteiger partial charge in [-0.25, -0.2) is 4.79 Å². The van der Waals surface area contributed by atoms with Crippen molar-refractivity contribution in [2.45, 2.75) is 0 Å². The number of halogens is 1. The van der Waals surface area contributed by atoms with Crippen molar-refractivity contribution in [3.05, 3.63) is 64.7 Å². The molecule has 2 aromatic rings. The smallest absolute Gasteiger partial charge is 0.338 e. The van der Waals surface area contributed by atoms with Crippen LogP contribution < -0.4 is 10.6 Å². The van der Waals surface area contributed by atoms with Gasteiger partial charge >= 0.3 is 5.97 Å². The maximum Gasteiger partial charge on any atom is 0.338 e. The molecule has 0 bridgehead atoms. The first-order chi connectivity index (χ1) is 11.5. The largest absolute Gasteiger partial charge is 0.452 e. The van der Waals surface area contributed by atoms with Gasteiger partial charge in [-0.3, -0.25) is 9.59 Å². The molecule has 0 atom stereocenters. The summed E-state index contributed by atoms with van der Waals surface area (Å²) in [5.41, 5.74) is 1.10. The minimum absolute atomic E-state index is 0.261. The number of carbonyl (C=O) groups excluding carboxylic acids is 3. The Labute approximate surface area is 143 Å². The highest BCUT2D eigenvalue weighted by Gasteiger charge is 2.11. The van der Waals surface area contributed by atoms with Crippen LogP contribution in [0.25, 0.3) is 0 Å². The van der Waals surface area contributed by atoms with E-state index in [-0.39, 0.29) is 11.5 Å². The zero-order valence-electron chi connectivity index (χ0n) is 12.8. The lowest BCUT2D eigenvalue weighted by molar-refractivity contribution is -0.119. The molecule has 0 unspecified atom stereocenters. The first-order valence-corrected chi connectivity index (χ1v) is 7.42. The van der Waals surface area contributed by atoms with E-state index in [0.29, 0.717) is 16.3 Å². The van der Waals surface area contributed by atoms with Gasteiger partial charge in [-0.1, -0.05) is 23.7 Å². The van der Waals surface area contributed by atoms with Crippen LogP contribution in [0, 0.1) is 0 Å². The topological polar surface area (TPSA) is 84.5 Å². The third kappa shape index (κ3) is 4.82. The van der Waals surface area contributed by atoms with E-state index < -0.39 is 18.5 Å². The molecule has 2 rings (SSSR count). The van der Waals surface area contributed by atoms with Crippen LogP contribution in [-0.2, 0) is 9.53 Å². The third-order valence-corrected chi connectivity index (χ3v) is 3.27. The van der Waals surface area contributed by atoms with Gasteiger partial charge in [-0.15, -0.1) is 0 Å². The summed E-state index contributed by atoms with van der Waals surface area (Å²) in [6.07, 6.45) is 0. The van der Waals surface area contributed by atoms with Crippen molar-refractivity contribution in [3.63, 3.8) is 0 Å². The second-order valence-electron chi connectivity index (χ2n) is 4.79. The number of ether oxygens (including phenoxy) is 1. The standard InChI is InChI=1S/C17H15ClN2O4/c1-19-16(22)11-4-3-7-14(9-11)20-15(21)10-24-17(23)12-5-2-6-13(18)8-12/h2-9H,10H2,1H3,(H,19,22)(H,20,21). The zero-order valence-corrected chi connectivity index (χ0v) is 13.6. The molecular formula is C17H15ClN2O4. The van der Waals surface area contributed by atoms with E-state index in [0.717, 1.165) is 0 Å². The predicted octanol–water partition coefficient (Wildman–Crippen LogP) is 2.50. The lowest BCUT2D eigenvalue weighted by atomic mass is 10.2. The maximum absolute atomic E-state index is 11.9. The summed E-state index contributed by atoms with van der Waals surface area (Å²) in [6.45, 7) is -0.449. The molecule has 0 radical (unpaired) electrons. The first kappa shape index (κ1) is 17.5. The van der Waals surface area contributed by atoms with Crippen molar-refractivity contribution in [1.29, 1.82) is 0 Å². The monoisotopic (exact) mass is 346 g/mol. The molecule has 0 aliphatic heterocycles. The van der Waals surface area contributed by atoms with Gasteiger partial charge < -0.3 is 15.4 Å². The highest BCUT2D eigenvalue weighted by atomic mass is 35.5. The normalized spacial score (nSPS) is 9.92. The lowest BCUT2D eigenvalue weighted by Crippen LogP contribution is -2.22. The molecule has 6 nitrogen and oxygen atoms in total. The molecule has 0 aliphatic rings. The molecule has 7 heteroatoms. The molecule has 0 aromatic heterocycles. The van der Waals surface area contributed by atoms with Crippen LogP contribution in [-0.4, -0.2) is 31.4 Å². The van der Waals surface area contributed by atoms with Crippen molar-refractivity contribution in [3.8, 4) is 0 Å². The number of rotatable bonds is 5. The molecule has 2 N–H and O–H groups in total. The Morgan fingerprint density at radius 1 is 1.04 bits per heavy atom. The summed E-state index contributed by atoms with van der Waals surface area (Å²) >= 11 is 5.79. The molecule has 124 valence electrons. The summed E-state index contributed by atoms with van der Waals surface area (Å²) in [5.74, 6) is -1.43. The second kappa shape index (κ2) is 8.12. The van der Waals surface area contributed by atoms with Crippen molar-refractivity contribution in [1.82, 2.24) is 5.32 Å². The van der Waals surface area contributed by atoms with Gasteiger partial charge in [0.25, 0.3) is 11.8 Å². The average Bonchev–Trinajstić information content (AvgIpc) is 2.59. The van der Waals surface area contributed by atoms with Crippen LogP contribution in [0.1, 0.15) is 20.7 Å². The Morgan fingerprint density at radius 3 is 2.46 bits per heavy atom. The molecule has 0 spiro atoms. The van der Waals surface area contributed by atoms with Crippen LogP contribution in [0.3, 0.4) is 0 Å². The number of benzene rings is 2. The average molecular weight is 347 g/mol. The number of amides is 2. The van der Waals surface area contributed by atoms with E-state index >= 15 is 0 Å². The van der Waals surface area contributed by atoms with Crippen LogP contribution >= 0.6 is 11.6 Å². The number of hydrogen-bond acceptors (Lipinski definition) is 4. The summed E-state index contributed by atoms with van der Waals surface area (Å²) in [7, 11) is 1.52. The van der Waals surface area contributed by atoms with Gasteiger partial charge in [-0.2, -0.15) is 0 Å². The Kier molecular flexibility index (Phi) is 5.92. The van der Waals surface area contributed by atoms with Crippen LogP contribution in [0.2, 0.25) is 5.02 Å². The molecule has 0 saturated carbocycles. The van der Waals surface area contributed by atoms with E-state index in [4.69, 9.17) is 16.3 Å². The molecule has 0 heterocycles. The van der Waals surface area contributed by atoms with Gasteiger partial charge in [0.15, 0.2) is 6.61 Å². The van der Waals surface area contributed by atoms with Gasteiger partial charge in [-0.05, 0) is 36.4 Å². The second-order valence-corrected chi connectivity index (χ2v) is 5.23. The van der Waals surface area contributed by atoms with E-state index in [2.05, 4.69) is 10.6 Å². The van der Waals surface area contributed by atoms with Gasteiger partial charge in [0.05, 0.1) is 5.56 Å². The third-order valence-electron chi connectivity index (χ3n) is 3.03. The summed E-state index contributed by atoms with van der Waals surface area (Å²) in [5, 5.41) is 5.45. The van der Waals surface area contributed by atoms with Crippen LogP contribution in [0.15, 0.2) is 48.5 Å². The zero-order chi connectivity index (χ0) is 17.5. The summed E-state index contributed by atoms with van der Waals surface area (Å²) in [4.78, 5) is 35.2. The molecular weight excluding hydrogens is 332 g/mol. The lowest BCUT2D eigenvalue weighted by Gasteiger charge is -2.08. The molecule has 2 aromatic carbocycles. The van der Waals surface area contributed by atoms with E-state index in [9.17, 15) is 14.4 Å². The highest BCUT2D eigenvalue weighted by molar-refractivity contribution is 6.30. The Hall–Kier alpha value is -2.86. The fraction of sp³-hybridized carbons (Fsp3) is 0.118. The van der Waals surface area contributed by atoms with Gasteiger partial charge in [0, 0.05) is 23.3 Å². The Balaban J connectivity index is 1.92. The quantitative estimate of drug-likeness (QED) is 0.815. The SMILES string of the molecule is CNC(=O)c1cccc(NC(=O)COC(=O)c2cccc(Cl)c2)c1. The predicted molar refractivity (Wildman–Crippen MR) is 90.2 cm³/mol. The number of anilines is 1. The van der Waals surface area contributed by atoms with Crippen molar-refractivity contribution < 1.29 is 19.1 Å². The summed E-state index contributed by atoms with van der Waals surface area (Å²) in [6, 6.07) is 12.6. The van der Waals surface area contributed by atoms with Crippen molar-refractivity contribution in [2.24, 2.45) is 0 Å². The van der Waals surface area contributed by atoms with Gasteiger partial charge in [0.2, 0.25) is 0 Å². The Bertz CT molecular complexity index is 777. The van der Waals surface area contributed by atoms with Crippen molar-refractivity contribution >= 4 is 35.1 Å². The van der Waals surface area contributed by atoms with Crippen molar-refractivity contribution in [2.75, 3.05) is 19.0 Å². The molecule has 2 amide bonds. The number of carbonyl (C=O) groups is 3. The fourth-order valence-electron chi connectivity index (χ4n) is 1.91. The minimum Gasteiger partial charge on any atom is -0.452 e. The maximum atomic E-state index is 11.9. The molecule has 0 aliphatic carbocycles. The Morgan fingerprint density at radius 2 is 1.75 bits per heavy atom. The summed E-state index contributed by atoms with van der Waals surface area (Å²) < 4.78 is 4.93. The van der Waals surface area contributed by atoms with E-state index in [1.165, 1.54) is 19.2 Å². The van der Waals surface area contributed by atoms with Crippen LogP contribution in [0.4, 0.5) is 5.69 Å².